The Balaban J connectivity index is 0.00000128. The molecule has 6 heteroatoms. The lowest BCUT2D eigenvalue weighted by atomic mass is 10.1. The molecule has 0 saturated carbocycles. The van der Waals surface area contributed by atoms with E-state index in [1.807, 2.05) is 6.07 Å². The van der Waals surface area contributed by atoms with Gasteiger partial charge in [0.05, 0.1) is 4.90 Å². The third-order valence-corrected chi connectivity index (χ3v) is 3.03. The van der Waals surface area contributed by atoms with E-state index in [2.05, 4.69) is 0 Å². The average Bonchev–Trinajstić information content (AvgIpc) is 2.16. The van der Waals surface area contributed by atoms with Crippen molar-refractivity contribution in [3.63, 3.8) is 0 Å². The van der Waals surface area contributed by atoms with Crippen molar-refractivity contribution in [2.24, 2.45) is 0 Å². The summed E-state index contributed by atoms with van der Waals surface area (Å²) < 4.78 is 30.7. The van der Waals surface area contributed by atoms with Gasteiger partial charge in [-0.2, -0.15) is 8.42 Å². The largest absolute Gasteiger partial charge is 0.398 e. The monoisotopic (exact) mass is 249 g/mol. The van der Waals surface area contributed by atoms with Crippen LogP contribution in [0.3, 0.4) is 0 Å². The highest BCUT2D eigenvalue weighted by Crippen LogP contribution is 2.23. The van der Waals surface area contributed by atoms with E-state index < -0.39 is 10.1 Å². The number of hydrogen-bond acceptors (Lipinski definition) is 3. The minimum atomic E-state index is -4.17. The lowest BCUT2D eigenvalue weighted by Gasteiger charge is -2.03. The Morgan fingerprint density at radius 3 is 2.44 bits per heavy atom. The number of anilines is 1. The van der Waals surface area contributed by atoms with Crippen molar-refractivity contribution in [1.82, 2.24) is 0 Å². The summed E-state index contributed by atoms with van der Waals surface area (Å²) in [5.74, 6) is 0. The molecule has 2 aromatic carbocycles. The SMILES string of the molecule is Nc1cccc2ccc(S(=O)(=O)O)cc12.[MgH2]. The first kappa shape index (κ1) is 13.2. The van der Waals surface area contributed by atoms with E-state index in [9.17, 15) is 8.42 Å². The third-order valence-electron chi connectivity index (χ3n) is 2.19. The molecule has 2 rings (SSSR count). The molecule has 4 nitrogen and oxygen atoms in total. The maximum absolute atomic E-state index is 10.9. The van der Waals surface area contributed by atoms with E-state index in [4.69, 9.17) is 10.3 Å². The summed E-state index contributed by atoms with van der Waals surface area (Å²) in [6, 6.07) is 9.59. The second kappa shape index (κ2) is 4.58. The quantitative estimate of drug-likeness (QED) is 0.444. The van der Waals surface area contributed by atoms with Crippen LogP contribution in [0.15, 0.2) is 41.3 Å². The lowest BCUT2D eigenvalue weighted by Crippen LogP contribution is -1.98. The van der Waals surface area contributed by atoms with Crippen molar-refractivity contribution >= 4 is 49.6 Å². The van der Waals surface area contributed by atoms with Crippen LogP contribution >= 0.6 is 0 Å². The molecule has 0 bridgehead atoms. The number of fused-ring (bicyclic) bond motifs is 1. The van der Waals surface area contributed by atoms with Crippen molar-refractivity contribution in [2.75, 3.05) is 5.73 Å². The Kier molecular flexibility index (Phi) is 3.79. The summed E-state index contributed by atoms with van der Waals surface area (Å²) in [7, 11) is -4.17. The van der Waals surface area contributed by atoms with Gasteiger partial charge >= 0.3 is 23.1 Å². The predicted octanol–water partition coefficient (Wildman–Crippen LogP) is 0.752. The van der Waals surface area contributed by atoms with Crippen LogP contribution in [-0.2, 0) is 10.1 Å². The molecule has 0 aliphatic heterocycles. The van der Waals surface area contributed by atoms with Gasteiger partial charge in [0.2, 0.25) is 0 Å². The Labute approximate surface area is 109 Å². The smallest absolute Gasteiger partial charge is 0.316 e. The summed E-state index contributed by atoms with van der Waals surface area (Å²) in [4.78, 5) is -0.145. The highest BCUT2D eigenvalue weighted by molar-refractivity contribution is 7.85. The molecule has 3 N–H and O–H groups in total. The topological polar surface area (TPSA) is 80.4 Å². The molecule has 0 fully saturated rings. The minimum absolute atomic E-state index is 0. The van der Waals surface area contributed by atoms with Gasteiger partial charge in [0.1, 0.15) is 0 Å². The van der Waals surface area contributed by atoms with Gasteiger partial charge < -0.3 is 5.73 Å². The van der Waals surface area contributed by atoms with Crippen LogP contribution in [-0.4, -0.2) is 36.0 Å². The number of nitrogens with two attached hydrogens (primary N) is 1. The molecule has 0 radical (unpaired) electrons. The lowest BCUT2D eigenvalue weighted by molar-refractivity contribution is 0.483. The second-order valence-corrected chi connectivity index (χ2v) is 4.63. The van der Waals surface area contributed by atoms with Gasteiger partial charge in [0, 0.05) is 11.1 Å². The minimum Gasteiger partial charge on any atom is -0.398 e. The molecular formula is C10H11MgNO3S. The Bertz CT molecular complexity index is 625. The third kappa shape index (κ3) is 2.46. The summed E-state index contributed by atoms with van der Waals surface area (Å²) in [5, 5.41) is 1.45. The zero-order chi connectivity index (χ0) is 11.1. The van der Waals surface area contributed by atoms with Crippen LogP contribution in [0.25, 0.3) is 10.8 Å². The highest BCUT2D eigenvalue weighted by Gasteiger charge is 2.10. The van der Waals surface area contributed by atoms with Crippen LogP contribution in [0.2, 0.25) is 0 Å². The maximum Gasteiger partial charge on any atom is 0.316 e. The number of benzene rings is 2. The van der Waals surface area contributed by atoms with E-state index >= 15 is 0 Å². The fourth-order valence-electron chi connectivity index (χ4n) is 1.44. The molecular weight excluding hydrogens is 238 g/mol. The Morgan fingerprint density at radius 1 is 1.12 bits per heavy atom. The fourth-order valence-corrected chi connectivity index (χ4v) is 1.94. The normalized spacial score (nSPS) is 11.1. The van der Waals surface area contributed by atoms with Crippen LogP contribution in [0, 0.1) is 0 Å². The van der Waals surface area contributed by atoms with Crippen LogP contribution in [0.4, 0.5) is 5.69 Å². The molecule has 16 heavy (non-hydrogen) atoms. The molecule has 0 unspecified atom stereocenters. The predicted molar refractivity (Wildman–Crippen MR) is 66.7 cm³/mol. The van der Waals surface area contributed by atoms with Crippen LogP contribution < -0.4 is 5.73 Å². The van der Waals surface area contributed by atoms with Crippen molar-refractivity contribution in [3.8, 4) is 0 Å². The van der Waals surface area contributed by atoms with E-state index in [1.54, 1.807) is 18.2 Å². The Hall–Kier alpha value is -0.824. The standard InChI is InChI=1S/C10H9NO3S.Mg.2H/c11-10-3-1-2-7-4-5-8(6-9(7)10)15(12,13)14;;;/h1-6H,11H2,(H,12,13,14);;;. The van der Waals surface area contributed by atoms with Gasteiger partial charge in [-0.25, -0.2) is 0 Å². The first-order valence-electron chi connectivity index (χ1n) is 4.24. The molecule has 0 amide bonds. The number of nitrogen functional groups attached to an aromatic ring is 1. The molecule has 0 heterocycles. The zero-order valence-electron chi connectivity index (χ0n) is 7.71. The van der Waals surface area contributed by atoms with Gasteiger partial charge in [-0.05, 0) is 23.6 Å². The molecule has 0 spiro atoms. The summed E-state index contributed by atoms with van der Waals surface area (Å²) in [6.07, 6.45) is 0. The van der Waals surface area contributed by atoms with Gasteiger partial charge in [-0.1, -0.05) is 18.2 Å². The van der Waals surface area contributed by atoms with Crippen molar-refractivity contribution in [1.29, 1.82) is 0 Å². The zero-order valence-corrected chi connectivity index (χ0v) is 8.53. The fraction of sp³-hybridized carbons (Fsp3) is 0. The van der Waals surface area contributed by atoms with Gasteiger partial charge in [0.15, 0.2) is 0 Å². The number of rotatable bonds is 1. The molecule has 2 aromatic rings. The first-order chi connectivity index (χ1) is 6.98. The molecule has 0 saturated heterocycles. The van der Waals surface area contributed by atoms with E-state index in [0.717, 1.165) is 5.39 Å². The van der Waals surface area contributed by atoms with Gasteiger partial charge in [-0.3, -0.25) is 4.55 Å². The van der Waals surface area contributed by atoms with Gasteiger partial charge in [0.25, 0.3) is 10.1 Å². The summed E-state index contributed by atoms with van der Waals surface area (Å²) >= 11 is 0. The van der Waals surface area contributed by atoms with Crippen LogP contribution in [0.5, 0.6) is 0 Å². The first-order valence-corrected chi connectivity index (χ1v) is 5.68. The van der Waals surface area contributed by atoms with E-state index in [0.29, 0.717) is 11.1 Å². The highest BCUT2D eigenvalue weighted by atomic mass is 32.2. The molecule has 0 atom stereocenters. The van der Waals surface area contributed by atoms with E-state index in [1.165, 1.54) is 12.1 Å². The average molecular weight is 250 g/mol. The van der Waals surface area contributed by atoms with E-state index in [-0.39, 0.29) is 27.9 Å². The molecule has 82 valence electrons. The second-order valence-electron chi connectivity index (χ2n) is 3.21. The van der Waals surface area contributed by atoms with Crippen molar-refractivity contribution < 1.29 is 13.0 Å². The van der Waals surface area contributed by atoms with Crippen molar-refractivity contribution in [2.45, 2.75) is 4.90 Å². The maximum atomic E-state index is 10.9. The summed E-state index contributed by atoms with van der Waals surface area (Å²) in [6.45, 7) is 0. The summed E-state index contributed by atoms with van der Waals surface area (Å²) in [5.41, 5.74) is 6.18. The van der Waals surface area contributed by atoms with Crippen molar-refractivity contribution in [3.05, 3.63) is 36.4 Å². The van der Waals surface area contributed by atoms with Gasteiger partial charge in [-0.15, -0.1) is 0 Å². The molecule has 0 aliphatic rings. The van der Waals surface area contributed by atoms with Crippen LogP contribution in [0.1, 0.15) is 0 Å². The Morgan fingerprint density at radius 2 is 1.81 bits per heavy atom. The molecule has 0 aliphatic carbocycles. The molecule has 0 aromatic heterocycles. The number of hydrogen-bond donors (Lipinski definition) is 2.